The van der Waals surface area contributed by atoms with Crippen LogP contribution in [0.1, 0.15) is 45.7 Å². The van der Waals surface area contributed by atoms with Crippen molar-refractivity contribution in [2.24, 2.45) is 5.41 Å². The van der Waals surface area contributed by atoms with Gasteiger partial charge in [0.05, 0.1) is 6.20 Å². The number of hydrogen-bond donors (Lipinski definition) is 1. The Morgan fingerprint density at radius 3 is 2.80 bits per heavy atom. The van der Waals surface area contributed by atoms with Crippen LogP contribution in [0.2, 0.25) is 0 Å². The summed E-state index contributed by atoms with van der Waals surface area (Å²) in [5.74, 6) is 0. The van der Waals surface area contributed by atoms with Crippen molar-refractivity contribution in [3.05, 3.63) is 18.0 Å². The third-order valence-electron chi connectivity index (χ3n) is 3.44. The van der Waals surface area contributed by atoms with Crippen LogP contribution in [0.15, 0.2) is 12.4 Å². The highest BCUT2D eigenvalue weighted by molar-refractivity contribution is 5.12. The topological polar surface area (TPSA) is 29.9 Å². The molecule has 1 saturated carbocycles. The van der Waals surface area contributed by atoms with Crippen molar-refractivity contribution >= 4 is 0 Å². The highest BCUT2D eigenvalue weighted by Gasteiger charge is 2.45. The molecule has 15 heavy (non-hydrogen) atoms. The Kier molecular flexibility index (Phi) is 2.59. The van der Waals surface area contributed by atoms with Gasteiger partial charge >= 0.3 is 0 Å². The second-order valence-electron chi connectivity index (χ2n) is 5.26. The molecule has 84 valence electrons. The number of nitrogens with zero attached hydrogens (tertiary/aromatic N) is 2. The zero-order chi connectivity index (χ0) is 11.1. The Morgan fingerprint density at radius 2 is 2.33 bits per heavy atom. The molecule has 3 nitrogen and oxygen atoms in total. The quantitative estimate of drug-likeness (QED) is 0.821. The lowest BCUT2D eigenvalue weighted by molar-refractivity contribution is 0.491. The van der Waals surface area contributed by atoms with Crippen LogP contribution >= 0.6 is 0 Å². The third-order valence-corrected chi connectivity index (χ3v) is 3.44. The highest BCUT2D eigenvalue weighted by Crippen LogP contribution is 2.45. The van der Waals surface area contributed by atoms with E-state index >= 15 is 0 Å². The van der Waals surface area contributed by atoms with Crippen molar-refractivity contribution in [2.75, 3.05) is 0 Å². The number of aryl methyl sites for hydroxylation is 1. The van der Waals surface area contributed by atoms with E-state index in [2.05, 4.69) is 44.3 Å². The second-order valence-corrected chi connectivity index (χ2v) is 5.26. The summed E-state index contributed by atoms with van der Waals surface area (Å²) in [6, 6.07) is 1.09. The molecule has 1 aromatic rings. The largest absolute Gasteiger partial charge is 0.307 e. The first-order valence-corrected chi connectivity index (χ1v) is 5.81. The lowest BCUT2D eigenvalue weighted by Gasteiger charge is -2.13. The van der Waals surface area contributed by atoms with E-state index in [0.717, 1.165) is 6.54 Å². The molecule has 0 spiro atoms. The molecule has 2 atom stereocenters. The molecule has 3 heteroatoms. The van der Waals surface area contributed by atoms with Crippen LogP contribution < -0.4 is 5.32 Å². The molecule has 0 aliphatic heterocycles. The van der Waals surface area contributed by atoms with Gasteiger partial charge in [0.15, 0.2) is 0 Å². The van der Waals surface area contributed by atoms with Gasteiger partial charge in [0.25, 0.3) is 0 Å². The molecule has 0 saturated heterocycles. The summed E-state index contributed by atoms with van der Waals surface area (Å²) in [5, 5.41) is 7.94. The van der Waals surface area contributed by atoms with Crippen molar-refractivity contribution < 1.29 is 0 Å². The normalized spacial score (nSPS) is 25.2. The first-order chi connectivity index (χ1) is 7.03. The molecule has 2 rings (SSSR count). The fraction of sp³-hybridized carbons (Fsp3) is 0.750. The van der Waals surface area contributed by atoms with E-state index in [9.17, 15) is 0 Å². The summed E-state index contributed by atoms with van der Waals surface area (Å²) in [6.45, 7) is 9.89. The smallest absolute Gasteiger partial charge is 0.0537 e. The fourth-order valence-electron chi connectivity index (χ4n) is 1.93. The molecule has 1 aliphatic carbocycles. The Hall–Kier alpha value is -0.830. The van der Waals surface area contributed by atoms with E-state index in [1.807, 2.05) is 10.9 Å². The summed E-state index contributed by atoms with van der Waals surface area (Å²) >= 11 is 0. The van der Waals surface area contributed by atoms with Gasteiger partial charge in [0.1, 0.15) is 0 Å². The molecule has 1 aromatic heterocycles. The second kappa shape index (κ2) is 3.63. The maximum atomic E-state index is 4.30. The van der Waals surface area contributed by atoms with E-state index in [0.29, 0.717) is 17.5 Å². The Balaban J connectivity index is 1.93. The Morgan fingerprint density at radius 1 is 1.67 bits per heavy atom. The molecule has 2 unspecified atom stereocenters. The standard InChI is InChI=1S/C12H21N3/c1-5-15-8-10(7-13-15)9(2)14-11-6-12(11,3)4/h7-9,11,14H,5-6H2,1-4H3. The number of hydrogen-bond acceptors (Lipinski definition) is 2. The first kappa shape index (κ1) is 10.7. The lowest BCUT2D eigenvalue weighted by Crippen LogP contribution is -2.23. The Bertz CT molecular complexity index is 340. The molecule has 1 fully saturated rings. The van der Waals surface area contributed by atoms with Crippen LogP contribution in [0.5, 0.6) is 0 Å². The summed E-state index contributed by atoms with van der Waals surface area (Å²) in [4.78, 5) is 0. The van der Waals surface area contributed by atoms with Crippen LogP contribution in [0.4, 0.5) is 0 Å². The van der Waals surface area contributed by atoms with E-state index in [4.69, 9.17) is 0 Å². The van der Waals surface area contributed by atoms with E-state index in [-0.39, 0.29) is 0 Å². The zero-order valence-corrected chi connectivity index (χ0v) is 10.1. The molecule has 0 bridgehead atoms. The van der Waals surface area contributed by atoms with Gasteiger partial charge in [-0.25, -0.2) is 0 Å². The molecular weight excluding hydrogens is 186 g/mol. The van der Waals surface area contributed by atoms with E-state index < -0.39 is 0 Å². The molecule has 0 amide bonds. The zero-order valence-electron chi connectivity index (χ0n) is 10.1. The molecule has 0 radical (unpaired) electrons. The van der Waals surface area contributed by atoms with Gasteiger partial charge < -0.3 is 5.32 Å². The number of nitrogens with one attached hydrogen (secondary N) is 1. The van der Waals surface area contributed by atoms with Crippen molar-refractivity contribution in [1.82, 2.24) is 15.1 Å². The summed E-state index contributed by atoms with van der Waals surface area (Å²) in [6.07, 6.45) is 5.39. The van der Waals surface area contributed by atoms with Crippen LogP contribution in [-0.4, -0.2) is 15.8 Å². The average molecular weight is 207 g/mol. The maximum absolute atomic E-state index is 4.30. The van der Waals surface area contributed by atoms with Gasteiger partial charge in [-0.15, -0.1) is 0 Å². The SMILES string of the molecule is CCn1cc(C(C)NC2CC2(C)C)cn1. The highest BCUT2D eigenvalue weighted by atomic mass is 15.3. The average Bonchev–Trinajstić information content (AvgIpc) is 2.67. The van der Waals surface area contributed by atoms with Crippen LogP contribution in [0.25, 0.3) is 0 Å². The Labute approximate surface area is 91.9 Å². The van der Waals surface area contributed by atoms with E-state index in [1.54, 1.807) is 0 Å². The maximum Gasteiger partial charge on any atom is 0.0537 e. The summed E-state index contributed by atoms with van der Waals surface area (Å²) in [5.41, 5.74) is 1.79. The molecule has 0 aromatic carbocycles. The van der Waals surface area contributed by atoms with Gasteiger partial charge in [-0.3, -0.25) is 4.68 Å². The minimum Gasteiger partial charge on any atom is -0.307 e. The lowest BCUT2D eigenvalue weighted by atomic mass is 10.1. The minimum atomic E-state index is 0.414. The first-order valence-electron chi connectivity index (χ1n) is 5.81. The van der Waals surface area contributed by atoms with Crippen molar-refractivity contribution in [1.29, 1.82) is 0 Å². The van der Waals surface area contributed by atoms with Crippen LogP contribution in [0, 0.1) is 5.41 Å². The van der Waals surface area contributed by atoms with Gasteiger partial charge in [0, 0.05) is 30.4 Å². The molecule has 1 heterocycles. The molecule has 1 N–H and O–H groups in total. The molecule has 1 aliphatic rings. The number of aromatic nitrogens is 2. The summed E-state index contributed by atoms with van der Waals surface area (Å²) in [7, 11) is 0. The van der Waals surface area contributed by atoms with Gasteiger partial charge in [-0.2, -0.15) is 5.10 Å². The monoisotopic (exact) mass is 207 g/mol. The van der Waals surface area contributed by atoms with Crippen molar-refractivity contribution in [3.63, 3.8) is 0 Å². The predicted octanol–water partition coefficient (Wildman–Crippen LogP) is 2.35. The van der Waals surface area contributed by atoms with Crippen LogP contribution in [-0.2, 0) is 6.54 Å². The molecular formula is C12H21N3. The van der Waals surface area contributed by atoms with Crippen molar-refractivity contribution in [3.8, 4) is 0 Å². The third kappa shape index (κ3) is 2.23. The van der Waals surface area contributed by atoms with Gasteiger partial charge in [-0.1, -0.05) is 13.8 Å². The van der Waals surface area contributed by atoms with Gasteiger partial charge in [-0.05, 0) is 25.7 Å². The number of rotatable bonds is 4. The van der Waals surface area contributed by atoms with Crippen molar-refractivity contribution in [2.45, 2.75) is 52.7 Å². The van der Waals surface area contributed by atoms with E-state index in [1.165, 1.54) is 12.0 Å². The summed E-state index contributed by atoms with van der Waals surface area (Å²) < 4.78 is 1.98. The predicted molar refractivity (Wildman–Crippen MR) is 61.6 cm³/mol. The minimum absolute atomic E-state index is 0.414. The van der Waals surface area contributed by atoms with Crippen LogP contribution in [0.3, 0.4) is 0 Å². The van der Waals surface area contributed by atoms with Gasteiger partial charge in [0.2, 0.25) is 0 Å². The fourth-order valence-corrected chi connectivity index (χ4v) is 1.93.